The first-order valence-corrected chi connectivity index (χ1v) is 6.68. The zero-order valence-electron chi connectivity index (χ0n) is 11.1. The van der Waals surface area contributed by atoms with Crippen molar-refractivity contribution in [3.8, 4) is 5.75 Å². The van der Waals surface area contributed by atoms with E-state index in [1.54, 1.807) is 0 Å². The largest absolute Gasteiger partial charge is 0.493 e. The molecular formula is C15H21NO2. The van der Waals surface area contributed by atoms with Crippen LogP contribution in [0.1, 0.15) is 44.7 Å². The summed E-state index contributed by atoms with van der Waals surface area (Å²) in [7, 11) is 0. The number of ether oxygens (including phenoxy) is 1. The van der Waals surface area contributed by atoms with Crippen molar-refractivity contribution in [1.82, 2.24) is 5.32 Å². The first kappa shape index (κ1) is 12.9. The summed E-state index contributed by atoms with van der Waals surface area (Å²) in [5.74, 6) is 1.43. The van der Waals surface area contributed by atoms with E-state index in [9.17, 15) is 4.79 Å². The van der Waals surface area contributed by atoms with Crippen LogP contribution in [0.4, 0.5) is 0 Å². The Morgan fingerprint density at radius 1 is 1.44 bits per heavy atom. The maximum absolute atomic E-state index is 11.9. The molecule has 1 N–H and O–H groups in total. The Balaban J connectivity index is 2.10. The molecule has 1 aliphatic rings. The van der Waals surface area contributed by atoms with E-state index in [0.717, 1.165) is 30.8 Å². The number of amides is 1. The monoisotopic (exact) mass is 247 g/mol. The molecule has 3 nitrogen and oxygen atoms in total. The van der Waals surface area contributed by atoms with Gasteiger partial charge < -0.3 is 10.1 Å². The Morgan fingerprint density at radius 3 is 3.00 bits per heavy atom. The molecule has 0 aromatic heterocycles. The van der Waals surface area contributed by atoms with E-state index in [0.29, 0.717) is 12.3 Å². The van der Waals surface area contributed by atoms with Crippen LogP contribution in [-0.4, -0.2) is 12.5 Å². The highest BCUT2D eigenvalue weighted by atomic mass is 16.5. The van der Waals surface area contributed by atoms with E-state index in [1.807, 2.05) is 24.3 Å². The van der Waals surface area contributed by atoms with E-state index < -0.39 is 0 Å². The second-order valence-corrected chi connectivity index (χ2v) is 5.25. The van der Waals surface area contributed by atoms with Crippen molar-refractivity contribution in [3.63, 3.8) is 0 Å². The molecule has 0 unspecified atom stereocenters. The van der Waals surface area contributed by atoms with Crippen LogP contribution in [0, 0.1) is 5.92 Å². The third kappa shape index (κ3) is 3.25. The van der Waals surface area contributed by atoms with E-state index in [-0.39, 0.29) is 11.9 Å². The number of nitrogens with one attached hydrogen (secondary N) is 1. The number of carbonyl (C=O) groups is 1. The Morgan fingerprint density at radius 2 is 2.22 bits per heavy atom. The van der Waals surface area contributed by atoms with Gasteiger partial charge in [-0.2, -0.15) is 0 Å². The molecule has 3 heteroatoms. The molecule has 1 aliphatic heterocycles. The maximum atomic E-state index is 11.9. The van der Waals surface area contributed by atoms with Crippen LogP contribution < -0.4 is 10.1 Å². The highest BCUT2D eigenvalue weighted by Gasteiger charge is 2.21. The summed E-state index contributed by atoms with van der Waals surface area (Å²) < 4.78 is 5.69. The van der Waals surface area contributed by atoms with Crippen molar-refractivity contribution in [2.24, 2.45) is 5.92 Å². The normalized spacial score (nSPS) is 18.7. The highest BCUT2D eigenvalue weighted by molar-refractivity contribution is 5.76. The first-order valence-electron chi connectivity index (χ1n) is 6.68. The lowest BCUT2D eigenvalue weighted by Crippen LogP contribution is -2.29. The fourth-order valence-corrected chi connectivity index (χ4v) is 2.30. The fourth-order valence-electron chi connectivity index (χ4n) is 2.30. The molecule has 1 atom stereocenters. The first-order chi connectivity index (χ1) is 8.66. The molecule has 0 fully saturated rings. The summed E-state index contributed by atoms with van der Waals surface area (Å²) in [5, 5.41) is 3.13. The second-order valence-electron chi connectivity index (χ2n) is 5.25. The summed E-state index contributed by atoms with van der Waals surface area (Å²) in [6, 6.07) is 8.07. The topological polar surface area (TPSA) is 38.3 Å². The number of para-hydroxylation sites is 1. The fraction of sp³-hybridized carbons (Fsp3) is 0.533. The van der Waals surface area contributed by atoms with Crippen molar-refractivity contribution in [2.45, 2.75) is 39.2 Å². The lowest BCUT2D eigenvalue weighted by Gasteiger charge is -2.19. The van der Waals surface area contributed by atoms with Gasteiger partial charge in [-0.25, -0.2) is 0 Å². The molecule has 0 aliphatic carbocycles. The average molecular weight is 247 g/mol. The molecular weight excluding hydrogens is 226 g/mol. The minimum Gasteiger partial charge on any atom is -0.493 e. The molecule has 18 heavy (non-hydrogen) atoms. The Kier molecular flexibility index (Phi) is 4.24. The third-order valence-corrected chi connectivity index (χ3v) is 3.12. The van der Waals surface area contributed by atoms with Gasteiger partial charge in [0, 0.05) is 12.0 Å². The van der Waals surface area contributed by atoms with Crippen LogP contribution in [0.2, 0.25) is 0 Å². The molecule has 0 radical (unpaired) electrons. The van der Waals surface area contributed by atoms with Crippen LogP contribution in [0.15, 0.2) is 24.3 Å². The number of benzene rings is 1. The van der Waals surface area contributed by atoms with E-state index >= 15 is 0 Å². The van der Waals surface area contributed by atoms with Crippen molar-refractivity contribution in [2.75, 3.05) is 6.61 Å². The smallest absolute Gasteiger partial charge is 0.220 e. The van der Waals surface area contributed by atoms with Gasteiger partial charge in [0.25, 0.3) is 0 Å². The van der Waals surface area contributed by atoms with Gasteiger partial charge in [-0.05, 0) is 24.8 Å². The van der Waals surface area contributed by atoms with Crippen molar-refractivity contribution in [1.29, 1.82) is 0 Å². The summed E-state index contributed by atoms with van der Waals surface area (Å²) in [4.78, 5) is 11.9. The van der Waals surface area contributed by atoms with Gasteiger partial charge in [0.2, 0.25) is 5.91 Å². The van der Waals surface area contributed by atoms with Crippen LogP contribution >= 0.6 is 0 Å². The maximum Gasteiger partial charge on any atom is 0.220 e. The molecule has 0 saturated carbocycles. The molecule has 1 aromatic rings. The van der Waals surface area contributed by atoms with Crippen molar-refractivity contribution < 1.29 is 9.53 Å². The number of carbonyl (C=O) groups excluding carboxylic acids is 1. The van der Waals surface area contributed by atoms with Gasteiger partial charge in [-0.3, -0.25) is 4.79 Å². The number of fused-ring (bicyclic) bond motifs is 1. The van der Waals surface area contributed by atoms with Gasteiger partial charge in [0.15, 0.2) is 0 Å². The van der Waals surface area contributed by atoms with Gasteiger partial charge >= 0.3 is 0 Å². The number of hydrogen-bond acceptors (Lipinski definition) is 2. The average Bonchev–Trinajstić information content (AvgIpc) is 2.51. The molecule has 1 aromatic carbocycles. The quantitative estimate of drug-likeness (QED) is 0.891. The molecule has 2 rings (SSSR count). The van der Waals surface area contributed by atoms with Crippen LogP contribution in [-0.2, 0) is 4.79 Å². The van der Waals surface area contributed by atoms with Gasteiger partial charge in [-0.15, -0.1) is 0 Å². The lowest BCUT2D eigenvalue weighted by molar-refractivity contribution is -0.122. The highest BCUT2D eigenvalue weighted by Crippen LogP contribution is 2.31. The summed E-state index contributed by atoms with van der Waals surface area (Å²) >= 11 is 0. The molecule has 98 valence electrons. The Hall–Kier alpha value is -1.51. The molecule has 1 heterocycles. The Labute approximate surface area is 109 Å². The number of hydrogen-bond donors (Lipinski definition) is 1. The minimum atomic E-state index is 0.0925. The molecule has 0 saturated heterocycles. The van der Waals surface area contributed by atoms with Gasteiger partial charge in [0.05, 0.1) is 12.6 Å². The zero-order chi connectivity index (χ0) is 13.0. The van der Waals surface area contributed by atoms with Crippen molar-refractivity contribution in [3.05, 3.63) is 29.8 Å². The van der Waals surface area contributed by atoms with Crippen LogP contribution in [0.5, 0.6) is 5.75 Å². The van der Waals surface area contributed by atoms with Gasteiger partial charge in [-0.1, -0.05) is 32.0 Å². The Bertz CT molecular complexity index is 415. The molecule has 1 amide bonds. The molecule has 0 spiro atoms. The van der Waals surface area contributed by atoms with Crippen LogP contribution in [0.25, 0.3) is 0 Å². The summed E-state index contributed by atoms with van der Waals surface area (Å²) in [6.07, 6.45) is 2.50. The molecule has 0 bridgehead atoms. The third-order valence-electron chi connectivity index (χ3n) is 3.12. The van der Waals surface area contributed by atoms with Crippen LogP contribution in [0.3, 0.4) is 0 Å². The standard InChI is InChI=1S/C15H21NO2/c1-11(2)10-15(17)16-13-7-5-9-18-14-8-4-3-6-12(13)14/h3-4,6,8,11,13H,5,7,9-10H2,1-2H3,(H,16,17)/t13-/m1/s1. The summed E-state index contributed by atoms with van der Waals surface area (Å²) in [6.45, 7) is 4.85. The number of rotatable bonds is 3. The predicted molar refractivity (Wildman–Crippen MR) is 71.5 cm³/mol. The van der Waals surface area contributed by atoms with E-state index in [2.05, 4.69) is 19.2 Å². The predicted octanol–water partition coefficient (Wildman–Crippen LogP) is 3.06. The SMILES string of the molecule is CC(C)CC(=O)N[C@@H]1CCCOc2ccccc21. The van der Waals surface area contributed by atoms with Crippen molar-refractivity contribution >= 4 is 5.91 Å². The lowest BCUT2D eigenvalue weighted by atomic mass is 10.0. The minimum absolute atomic E-state index is 0.0925. The van der Waals surface area contributed by atoms with Gasteiger partial charge in [0.1, 0.15) is 5.75 Å². The zero-order valence-corrected chi connectivity index (χ0v) is 11.1. The van der Waals surface area contributed by atoms with E-state index in [4.69, 9.17) is 4.74 Å². The summed E-state index contributed by atoms with van der Waals surface area (Å²) in [5.41, 5.74) is 1.10. The second kappa shape index (κ2) is 5.89. The van der Waals surface area contributed by atoms with E-state index in [1.165, 1.54) is 0 Å².